The number of amides is 1. The van der Waals surface area contributed by atoms with E-state index in [2.05, 4.69) is 34.8 Å². The van der Waals surface area contributed by atoms with Gasteiger partial charge in [0.05, 0.1) is 0 Å². The van der Waals surface area contributed by atoms with Gasteiger partial charge in [-0.3, -0.25) is 4.79 Å². The van der Waals surface area contributed by atoms with Crippen molar-refractivity contribution in [2.24, 2.45) is 5.92 Å². The average molecular weight is 299 g/mol. The smallest absolute Gasteiger partial charge is 0.272 e. The molecule has 0 saturated carbocycles. The topological polar surface area (TPSA) is 33.2 Å². The first kappa shape index (κ1) is 14.2. The molecule has 0 fully saturated rings. The van der Waals surface area contributed by atoms with Crippen molar-refractivity contribution in [3.05, 3.63) is 28.5 Å². The van der Waals surface area contributed by atoms with Crippen molar-refractivity contribution in [1.29, 1.82) is 0 Å². The third-order valence-corrected chi connectivity index (χ3v) is 2.86. The van der Waals surface area contributed by atoms with Crippen LogP contribution in [0.4, 0.5) is 0 Å². The second-order valence-electron chi connectivity index (χ2n) is 4.81. The largest absolute Gasteiger partial charge is 0.335 e. The van der Waals surface area contributed by atoms with Crippen molar-refractivity contribution < 1.29 is 4.79 Å². The number of rotatable bonds is 4. The molecular weight excluding hydrogens is 280 g/mol. The molecule has 0 spiro atoms. The minimum absolute atomic E-state index is 0.00111. The Labute approximate surface area is 111 Å². The zero-order valence-corrected chi connectivity index (χ0v) is 12.4. The Morgan fingerprint density at radius 2 is 2.00 bits per heavy atom. The third-order valence-electron chi connectivity index (χ3n) is 2.39. The maximum Gasteiger partial charge on any atom is 0.272 e. The minimum atomic E-state index is 0.00111. The molecule has 0 N–H and O–H groups in total. The van der Waals surface area contributed by atoms with Crippen molar-refractivity contribution in [3.63, 3.8) is 0 Å². The summed E-state index contributed by atoms with van der Waals surface area (Å²) in [5.41, 5.74) is 0.502. The fourth-order valence-corrected chi connectivity index (χ4v) is 1.81. The minimum Gasteiger partial charge on any atom is -0.335 e. The van der Waals surface area contributed by atoms with Crippen molar-refractivity contribution in [1.82, 2.24) is 9.88 Å². The maximum atomic E-state index is 12.3. The van der Waals surface area contributed by atoms with Crippen molar-refractivity contribution in [2.45, 2.75) is 33.7 Å². The Hall–Kier alpha value is -0.900. The van der Waals surface area contributed by atoms with Crippen LogP contribution in [0.3, 0.4) is 0 Å². The molecule has 0 atom stereocenters. The highest BCUT2D eigenvalue weighted by atomic mass is 79.9. The van der Waals surface area contributed by atoms with Crippen LogP contribution in [0.15, 0.2) is 22.8 Å². The Bertz CT molecular complexity index is 374. The van der Waals surface area contributed by atoms with Gasteiger partial charge in [0, 0.05) is 23.3 Å². The van der Waals surface area contributed by atoms with Gasteiger partial charge in [0.2, 0.25) is 0 Å². The van der Waals surface area contributed by atoms with E-state index in [0.717, 1.165) is 11.0 Å². The van der Waals surface area contributed by atoms with Gasteiger partial charge in [0.25, 0.3) is 5.91 Å². The van der Waals surface area contributed by atoms with Crippen LogP contribution < -0.4 is 0 Å². The summed E-state index contributed by atoms with van der Waals surface area (Å²) >= 11 is 3.31. The number of hydrogen-bond acceptors (Lipinski definition) is 2. The Kier molecular flexibility index (Phi) is 5.12. The van der Waals surface area contributed by atoms with E-state index in [4.69, 9.17) is 0 Å². The summed E-state index contributed by atoms with van der Waals surface area (Å²) in [6.45, 7) is 9.03. The van der Waals surface area contributed by atoms with Gasteiger partial charge in [0.15, 0.2) is 0 Å². The number of carbonyl (C=O) groups is 1. The van der Waals surface area contributed by atoms with Gasteiger partial charge in [-0.05, 0) is 47.8 Å². The van der Waals surface area contributed by atoms with Gasteiger partial charge < -0.3 is 4.90 Å². The highest BCUT2D eigenvalue weighted by molar-refractivity contribution is 9.10. The Balaban J connectivity index is 2.88. The lowest BCUT2D eigenvalue weighted by Gasteiger charge is -2.28. The third kappa shape index (κ3) is 4.11. The molecule has 17 heavy (non-hydrogen) atoms. The molecule has 3 nitrogen and oxygen atoms in total. The number of pyridine rings is 1. The maximum absolute atomic E-state index is 12.3. The highest BCUT2D eigenvalue weighted by Crippen LogP contribution is 2.12. The lowest BCUT2D eigenvalue weighted by atomic mass is 10.1. The molecule has 94 valence electrons. The Morgan fingerprint density at radius 1 is 1.35 bits per heavy atom. The molecule has 0 aromatic carbocycles. The van der Waals surface area contributed by atoms with Crippen LogP contribution in [-0.2, 0) is 0 Å². The highest BCUT2D eigenvalue weighted by Gasteiger charge is 2.20. The first-order chi connectivity index (χ1) is 7.91. The molecule has 0 unspecified atom stereocenters. The van der Waals surface area contributed by atoms with Gasteiger partial charge >= 0.3 is 0 Å². The summed E-state index contributed by atoms with van der Waals surface area (Å²) in [6.07, 6.45) is 1.65. The Morgan fingerprint density at radius 3 is 2.41 bits per heavy atom. The zero-order chi connectivity index (χ0) is 13.0. The summed E-state index contributed by atoms with van der Waals surface area (Å²) in [6, 6.07) is 3.78. The summed E-state index contributed by atoms with van der Waals surface area (Å²) in [4.78, 5) is 18.3. The van der Waals surface area contributed by atoms with E-state index in [-0.39, 0.29) is 11.9 Å². The van der Waals surface area contributed by atoms with Gasteiger partial charge in [0.1, 0.15) is 5.69 Å². The molecule has 0 aliphatic carbocycles. The second kappa shape index (κ2) is 6.15. The first-order valence-corrected chi connectivity index (χ1v) is 6.63. The average Bonchev–Trinajstić information content (AvgIpc) is 2.25. The number of halogens is 1. The van der Waals surface area contributed by atoms with E-state index in [1.807, 2.05) is 24.8 Å². The molecule has 1 aromatic heterocycles. The zero-order valence-electron chi connectivity index (χ0n) is 10.8. The quantitative estimate of drug-likeness (QED) is 0.854. The molecule has 1 aromatic rings. The first-order valence-electron chi connectivity index (χ1n) is 5.84. The van der Waals surface area contributed by atoms with Crippen molar-refractivity contribution in [3.8, 4) is 0 Å². The van der Waals surface area contributed by atoms with E-state index < -0.39 is 0 Å². The second-order valence-corrected chi connectivity index (χ2v) is 5.72. The molecule has 1 amide bonds. The van der Waals surface area contributed by atoms with Gasteiger partial charge in [-0.1, -0.05) is 13.8 Å². The van der Waals surface area contributed by atoms with Crippen LogP contribution >= 0.6 is 15.9 Å². The van der Waals surface area contributed by atoms with Crippen LogP contribution in [0.25, 0.3) is 0 Å². The van der Waals surface area contributed by atoms with Crippen molar-refractivity contribution >= 4 is 21.8 Å². The van der Waals surface area contributed by atoms with Gasteiger partial charge in [-0.15, -0.1) is 0 Å². The normalized spacial score (nSPS) is 11.0. The van der Waals surface area contributed by atoms with Crippen LogP contribution in [0, 0.1) is 5.92 Å². The molecule has 4 heteroatoms. The fraction of sp³-hybridized carbons (Fsp3) is 0.538. The summed E-state index contributed by atoms with van der Waals surface area (Å²) < 4.78 is 0.883. The summed E-state index contributed by atoms with van der Waals surface area (Å²) in [7, 11) is 0. The number of hydrogen-bond donors (Lipinski definition) is 0. The lowest BCUT2D eigenvalue weighted by Crippen LogP contribution is -2.39. The summed E-state index contributed by atoms with van der Waals surface area (Å²) in [5.74, 6) is 0.456. The molecule has 0 aliphatic heterocycles. The molecule has 0 aliphatic rings. The van der Waals surface area contributed by atoms with Crippen LogP contribution in [0.2, 0.25) is 0 Å². The molecule has 1 rings (SSSR count). The molecule has 0 radical (unpaired) electrons. The predicted octanol–water partition coefficient (Wildman–Crippen LogP) is 3.35. The fourth-order valence-electron chi connectivity index (χ4n) is 1.57. The van der Waals surface area contributed by atoms with Crippen LogP contribution in [0.1, 0.15) is 38.2 Å². The molecule has 0 bridgehead atoms. The summed E-state index contributed by atoms with van der Waals surface area (Å²) in [5, 5.41) is 0. The molecular formula is C13H19BrN2O. The predicted molar refractivity (Wildman–Crippen MR) is 72.9 cm³/mol. The number of aromatic nitrogens is 1. The molecule has 0 saturated heterocycles. The van der Waals surface area contributed by atoms with E-state index in [1.54, 1.807) is 12.3 Å². The number of nitrogens with zero attached hydrogens (tertiary/aromatic N) is 2. The van der Waals surface area contributed by atoms with Crippen LogP contribution in [0.5, 0.6) is 0 Å². The van der Waals surface area contributed by atoms with E-state index >= 15 is 0 Å². The van der Waals surface area contributed by atoms with Gasteiger partial charge in [-0.2, -0.15) is 0 Å². The van der Waals surface area contributed by atoms with Gasteiger partial charge in [-0.25, -0.2) is 4.98 Å². The SMILES string of the molecule is CC(C)CN(C(=O)c1ccc(Br)cn1)C(C)C. The lowest BCUT2D eigenvalue weighted by molar-refractivity contribution is 0.0676. The monoisotopic (exact) mass is 298 g/mol. The standard InChI is InChI=1S/C13H19BrN2O/c1-9(2)8-16(10(3)4)13(17)12-6-5-11(14)7-15-12/h5-7,9-10H,8H2,1-4H3. The van der Waals surface area contributed by atoms with Crippen molar-refractivity contribution in [2.75, 3.05) is 6.54 Å². The van der Waals surface area contributed by atoms with Crippen LogP contribution in [-0.4, -0.2) is 28.4 Å². The molecule has 1 heterocycles. The van der Waals surface area contributed by atoms with E-state index in [1.165, 1.54) is 0 Å². The number of carbonyl (C=O) groups excluding carboxylic acids is 1. The van der Waals surface area contributed by atoms with E-state index in [9.17, 15) is 4.79 Å². The van der Waals surface area contributed by atoms with E-state index in [0.29, 0.717) is 11.6 Å².